The highest BCUT2D eigenvalue weighted by molar-refractivity contribution is 5.54. The molecule has 2 aromatic rings. The second-order valence-electron chi connectivity index (χ2n) is 4.87. The summed E-state index contributed by atoms with van der Waals surface area (Å²) in [5, 5.41) is 7.41. The number of hydrogen-bond donors (Lipinski definition) is 2. The summed E-state index contributed by atoms with van der Waals surface area (Å²) in [5.41, 5.74) is 6.45. The molecule has 0 bridgehead atoms. The lowest BCUT2D eigenvalue weighted by Gasteiger charge is -2.21. The molecule has 0 aliphatic carbocycles. The Morgan fingerprint density at radius 3 is 2.41 bits per heavy atom. The minimum atomic E-state index is -0.165. The van der Waals surface area contributed by atoms with Crippen LogP contribution in [-0.2, 0) is 5.54 Å². The van der Waals surface area contributed by atoms with Crippen molar-refractivity contribution in [3.63, 3.8) is 0 Å². The van der Waals surface area contributed by atoms with Crippen molar-refractivity contribution in [3.8, 4) is 0 Å². The summed E-state index contributed by atoms with van der Waals surface area (Å²) in [6, 6.07) is 9.83. The molecule has 3 N–H and O–H groups in total. The second-order valence-corrected chi connectivity index (χ2v) is 4.87. The minimum Gasteiger partial charge on any atom is -0.366 e. The van der Waals surface area contributed by atoms with E-state index in [-0.39, 0.29) is 11.5 Å². The molecule has 0 unspecified atom stereocenters. The molecule has 2 rings (SSSR count). The molecule has 1 aromatic heterocycles. The number of nitrogen functional groups attached to an aromatic ring is 1. The lowest BCUT2D eigenvalue weighted by atomic mass is 10.1. The number of hydrogen-bond acceptors (Lipinski definition) is 4. The standard InChI is InChI=1S/C12H17N5/c1-12(2,3)17-11(15-10(13)16-17)14-9-7-5-4-6-8-9/h4-8H,1-3H3,(H3,13,14,15,16). The molecule has 0 aliphatic rings. The molecular weight excluding hydrogens is 214 g/mol. The highest BCUT2D eigenvalue weighted by Crippen LogP contribution is 2.22. The Bertz CT molecular complexity index is 495. The molecule has 5 nitrogen and oxygen atoms in total. The first-order chi connectivity index (χ1) is 7.97. The fourth-order valence-corrected chi connectivity index (χ4v) is 1.53. The van der Waals surface area contributed by atoms with Gasteiger partial charge in [0.1, 0.15) is 0 Å². The molecule has 0 spiro atoms. The lowest BCUT2D eigenvalue weighted by molar-refractivity contribution is 0.361. The zero-order valence-electron chi connectivity index (χ0n) is 10.3. The molecule has 0 radical (unpaired) electrons. The predicted molar refractivity (Wildman–Crippen MR) is 69.2 cm³/mol. The van der Waals surface area contributed by atoms with Gasteiger partial charge in [0, 0.05) is 5.69 Å². The summed E-state index contributed by atoms with van der Waals surface area (Å²) < 4.78 is 1.79. The van der Waals surface area contributed by atoms with Crippen LogP contribution in [0.3, 0.4) is 0 Å². The molecule has 0 amide bonds. The Balaban J connectivity index is 2.33. The van der Waals surface area contributed by atoms with E-state index in [0.717, 1.165) is 5.69 Å². The third-order valence-corrected chi connectivity index (χ3v) is 2.29. The average Bonchev–Trinajstić information content (AvgIpc) is 2.60. The number of nitrogens with one attached hydrogen (secondary N) is 1. The van der Waals surface area contributed by atoms with Crippen LogP contribution in [0.25, 0.3) is 0 Å². The highest BCUT2D eigenvalue weighted by Gasteiger charge is 2.20. The molecule has 0 fully saturated rings. The molecule has 90 valence electrons. The van der Waals surface area contributed by atoms with Gasteiger partial charge in [-0.2, -0.15) is 4.98 Å². The number of rotatable bonds is 2. The van der Waals surface area contributed by atoms with Gasteiger partial charge in [0.05, 0.1) is 5.54 Å². The van der Waals surface area contributed by atoms with Crippen LogP contribution in [0.5, 0.6) is 0 Å². The zero-order chi connectivity index (χ0) is 12.5. The number of benzene rings is 1. The van der Waals surface area contributed by atoms with Crippen LogP contribution in [0.15, 0.2) is 30.3 Å². The van der Waals surface area contributed by atoms with Gasteiger partial charge >= 0.3 is 0 Å². The Hall–Kier alpha value is -2.04. The third kappa shape index (κ3) is 2.55. The minimum absolute atomic E-state index is 0.165. The fraction of sp³-hybridized carbons (Fsp3) is 0.333. The van der Waals surface area contributed by atoms with Gasteiger partial charge in [-0.25, -0.2) is 4.68 Å². The number of aromatic nitrogens is 3. The maximum absolute atomic E-state index is 5.65. The summed E-state index contributed by atoms with van der Waals surface area (Å²) in [4.78, 5) is 4.19. The van der Waals surface area contributed by atoms with Gasteiger partial charge in [0.15, 0.2) is 0 Å². The first-order valence-corrected chi connectivity index (χ1v) is 5.52. The van der Waals surface area contributed by atoms with E-state index in [2.05, 4.69) is 36.2 Å². The Morgan fingerprint density at radius 2 is 1.82 bits per heavy atom. The van der Waals surface area contributed by atoms with Gasteiger partial charge in [-0.05, 0) is 32.9 Å². The molecule has 0 aliphatic heterocycles. The molecule has 1 heterocycles. The normalized spacial score (nSPS) is 11.5. The van der Waals surface area contributed by atoms with Crippen LogP contribution in [0, 0.1) is 0 Å². The highest BCUT2D eigenvalue weighted by atomic mass is 15.4. The second kappa shape index (κ2) is 4.08. The zero-order valence-corrected chi connectivity index (χ0v) is 10.3. The summed E-state index contributed by atoms with van der Waals surface area (Å²) >= 11 is 0. The van der Waals surface area contributed by atoms with E-state index in [0.29, 0.717) is 5.95 Å². The van der Waals surface area contributed by atoms with E-state index in [4.69, 9.17) is 5.73 Å². The van der Waals surface area contributed by atoms with Crippen molar-refractivity contribution in [2.75, 3.05) is 11.1 Å². The Labute approximate surface area is 101 Å². The van der Waals surface area contributed by atoms with Crippen molar-refractivity contribution < 1.29 is 0 Å². The maximum atomic E-state index is 5.65. The Morgan fingerprint density at radius 1 is 1.18 bits per heavy atom. The fourth-order valence-electron chi connectivity index (χ4n) is 1.53. The molecule has 17 heavy (non-hydrogen) atoms. The van der Waals surface area contributed by atoms with Gasteiger partial charge in [-0.15, -0.1) is 5.10 Å². The van der Waals surface area contributed by atoms with Crippen molar-refractivity contribution >= 4 is 17.6 Å². The third-order valence-electron chi connectivity index (χ3n) is 2.29. The molecule has 1 aromatic carbocycles. The first kappa shape index (κ1) is 11.4. The van der Waals surface area contributed by atoms with E-state index in [1.807, 2.05) is 30.3 Å². The van der Waals surface area contributed by atoms with Gasteiger partial charge < -0.3 is 11.1 Å². The topological polar surface area (TPSA) is 68.8 Å². The van der Waals surface area contributed by atoms with Gasteiger partial charge in [0.25, 0.3) is 0 Å². The largest absolute Gasteiger partial charge is 0.366 e. The van der Waals surface area contributed by atoms with E-state index in [1.54, 1.807) is 4.68 Å². The van der Waals surface area contributed by atoms with Crippen molar-refractivity contribution in [2.45, 2.75) is 26.3 Å². The summed E-state index contributed by atoms with van der Waals surface area (Å²) in [6.07, 6.45) is 0. The smallest absolute Gasteiger partial charge is 0.241 e. The van der Waals surface area contributed by atoms with Gasteiger partial charge in [0.2, 0.25) is 11.9 Å². The lowest BCUT2D eigenvalue weighted by Crippen LogP contribution is -2.24. The summed E-state index contributed by atoms with van der Waals surface area (Å²) in [7, 11) is 0. The Kier molecular flexibility index (Phi) is 2.75. The SMILES string of the molecule is CC(C)(C)n1nc(N)nc1Nc1ccccc1. The molecule has 0 atom stereocenters. The summed E-state index contributed by atoms with van der Waals surface area (Å²) in [5.74, 6) is 0.930. The van der Waals surface area contributed by atoms with Crippen LogP contribution in [0.1, 0.15) is 20.8 Å². The number of nitrogens with zero attached hydrogens (tertiary/aromatic N) is 3. The van der Waals surface area contributed by atoms with E-state index >= 15 is 0 Å². The van der Waals surface area contributed by atoms with Crippen LogP contribution >= 0.6 is 0 Å². The van der Waals surface area contributed by atoms with E-state index < -0.39 is 0 Å². The van der Waals surface area contributed by atoms with Crippen molar-refractivity contribution in [1.82, 2.24) is 14.8 Å². The van der Waals surface area contributed by atoms with Crippen LogP contribution in [-0.4, -0.2) is 14.8 Å². The van der Waals surface area contributed by atoms with Crippen molar-refractivity contribution in [1.29, 1.82) is 0 Å². The quantitative estimate of drug-likeness (QED) is 0.832. The number of para-hydroxylation sites is 1. The van der Waals surface area contributed by atoms with E-state index in [1.165, 1.54) is 0 Å². The predicted octanol–water partition coefficient (Wildman–Crippen LogP) is 2.36. The van der Waals surface area contributed by atoms with Crippen LogP contribution < -0.4 is 11.1 Å². The average molecular weight is 231 g/mol. The summed E-state index contributed by atoms with van der Waals surface area (Å²) in [6.45, 7) is 6.16. The van der Waals surface area contributed by atoms with Gasteiger partial charge in [-0.1, -0.05) is 18.2 Å². The van der Waals surface area contributed by atoms with Crippen molar-refractivity contribution in [3.05, 3.63) is 30.3 Å². The molecule has 0 saturated carbocycles. The first-order valence-electron chi connectivity index (χ1n) is 5.52. The molecule has 0 saturated heterocycles. The molecular formula is C12H17N5. The molecule has 5 heteroatoms. The monoisotopic (exact) mass is 231 g/mol. The van der Waals surface area contributed by atoms with Crippen LogP contribution in [0.2, 0.25) is 0 Å². The van der Waals surface area contributed by atoms with Crippen molar-refractivity contribution in [2.24, 2.45) is 0 Å². The van der Waals surface area contributed by atoms with Crippen LogP contribution in [0.4, 0.5) is 17.6 Å². The number of nitrogens with two attached hydrogens (primary N) is 1. The number of anilines is 3. The maximum Gasteiger partial charge on any atom is 0.241 e. The van der Waals surface area contributed by atoms with Gasteiger partial charge in [-0.3, -0.25) is 0 Å². The van der Waals surface area contributed by atoms with E-state index in [9.17, 15) is 0 Å².